The van der Waals surface area contributed by atoms with Crippen LogP contribution in [0.2, 0.25) is 0 Å². The van der Waals surface area contributed by atoms with Crippen molar-refractivity contribution in [2.24, 2.45) is 0 Å². The predicted molar refractivity (Wildman–Crippen MR) is 72.6 cm³/mol. The van der Waals surface area contributed by atoms with Gasteiger partial charge in [0.25, 0.3) is 0 Å². The van der Waals surface area contributed by atoms with Gasteiger partial charge in [-0.2, -0.15) is 0 Å². The summed E-state index contributed by atoms with van der Waals surface area (Å²) >= 11 is 0. The van der Waals surface area contributed by atoms with E-state index in [4.69, 9.17) is 5.73 Å². The molecule has 5 heteroatoms. The van der Waals surface area contributed by atoms with Crippen molar-refractivity contribution in [3.63, 3.8) is 0 Å². The standard InChI is InChI=1S/C13H22N4O/c1-4-10-15-11(14)9(2)12(16-10)17-7-5-6-13(3,18)8-17/h18H,4-8H2,1-3H3,(H2,14,15,16). The minimum atomic E-state index is -0.642. The molecular weight excluding hydrogens is 228 g/mol. The average molecular weight is 250 g/mol. The molecule has 1 saturated heterocycles. The van der Waals surface area contributed by atoms with E-state index in [-0.39, 0.29) is 0 Å². The Morgan fingerprint density at radius 3 is 2.78 bits per heavy atom. The molecule has 1 aromatic rings. The van der Waals surface area contributed by atoms with Crippen LogP contribution in [0.25, 0.3) is 0 Å². The van der Waals surface area contributed by atoms with Gasteiger partial charge in [0.2, 0.25) is 0 Å². The molecule has 0 bridgehead atoms. The van der Waals surface area contributed by atoms with Crippen LogP contribution in [0.5, 0.6) is 0 Å². The molecule has 0 aromatic carbocycles. The number of aliphatic hydroxyl groups is 1. The highest BCUT2D eigenvalue weighted by molar-refractivity contribution is 5.57. The van der Waals surface area contributed by atoms with Gasteiger partial charge >= 0.3 is 0 Å². The number of hydrogen-bond donors (Lipinski definition) is 2. The number of piperidine rings is 1. The Labute approximate surface area is 108 Å². The molecule has 3 N–H and O–H groups in total. The number of β-amino-alcohol motifs (C(OH)–C–C–N with tert-alkyl or cyclic N) is 1. The summed E-state index contributed by atoms with van der Waals surface area (Å²) in [6, 6.07) is 0. The number of nitrogen functional groups attached to an aromatic ring is 1. The number of aryl methyl sites for hydroxylation is 1. The van der Waals surface area contributed by atoms with Gasteiger partial charge in [-0.05, 0) is 26.7 Å². The predicted octanol–water partition coefficient (Wildman–Crippen LogP) is 1.28. The molecular formula is C13H22N4O. The SMILES string of the molecule is CCc1nc(N)c(C)c(N2CCCC(C)(O)C2)n1. The van der Waals surface area contributed by atoms with E-state index in [9.17, 15) is 5.11 Å². The van der Waals surface area contributed by atoms with Gasteiger partial charge in [-0.1, -0.05) is 6.92 Å². The number of nitrogens with two attached hydrogens (primary N) is 1. The topological polar surface area (TPSA) is 75.3 Å². The number of hydrogen-bond acceptors (Lipinski definition) is 5. The summed E-state index contributed by atoms with van der Waals surface area (Å²) in [5.74, 6) is 2.18. The van der Waals surface area contributed by atoms with E-state index in [1.807, 2.05) is 20.8 Å². The second-order valence-electron chi connectivity index (χ2n) is 5.35. The number of aromatic nitrogens is 2. The first-order chi connectivity index (χ1) is 8.43. The van der Waals surface area contributed by atoms with Crippen LogP contribution in [-0.4, -0.2) is 33.8 Å². The first kappa shape index (κ1) is 13.1. The zero-order valence-electron chi connectivity index (χ0n) is 11.4. The van der Waals surface area contributed by atoms with Gasteiger partial charge in [0.1, 0.15) is 17.5 Å². The minimum Gasteiger partial charge on any atom is -0.388 e. The van der Waals surface area contributed by atoms with Crippen LogP contribution in [0.4, 0.5) is 11.6 Å². The molecule has 1 unspecified atom stereocenters. The third-order valence-corrected chi connectivity index (χ3v) is 3.49. The second kappa shape index (κ2) is 4.72. The van der Waals surface area contributed by atoms with E-state index in [1.54, 1.807) is 0 Å². The van der Waals surface area contributed by atoms with E-state index in [2.05, 4.69) is 14.9 Å². The molecule has 1 aliphatic heterocycles. The van der Waals surface area contributed by atoms with Crippen molar-refractivity contribution in [2.45, 2.75) is 45.6 Å². The zero-order chi connectivity index (χ0) is 13.3. The largest absolute Gasteiger partial charge is 0.388 e. The summed E-state index contributed by atoms with van der Waals surface area (Å²) in [6.07, 6.45) is 2.57. The van der Waals surface area contributed by atoms with E-state index in [1.165, 1.54) is 0 Å². The number of rotatable bonds is 2. The van der Waals surface area contributed by atoms with Gasteiger partial charge in [-0.3, -0.25) is 0 Å². The van der Waals surface area contributed by atoms with E-state index in [0.29, 0.717) is 12.4 Å². The monoisotopic (exact) mass is 250 g/mol. The molecule has 1 atom stereocenters. The molecule has 18 heavy (non-hydrogen) atoms. The highest BCUT2D eigenvalue weighted by Gasteiger charge is 2.30. The molecule has 0 amide bonds. The smallest absolute Gasteiger partial charge is 0.137 e. The molecule has 2 rings (SSSR count). The lowest BCUT2D eigenvalue weighted by molar-refractivity contribution is 0.0446. The maximum atomic E-state index is 10.2. The van der Waals surface area contributed by atoms with Crippen molar-refractivity contribution in [3.05, 3.63) is 11.4 Å². The first-order valence-corrected chi connectivity index (χ1v) is 6.53. The molecule has 0 aliphatic carbocycles. The third-order valence-electron chi connectivity index (χ3n) is 3.49. The Bertz CT molecular complexity index is 445. The summed E-state index contributed by atoms with van der Waals surface area (Å²) in [5.41, 5.74) is 6.20. The Kier molecular flexibility index (Phi) is 3.43. The summed E-state index contributed by atoms with van der Waals surface area (Å²) in [7, 11) is 0. The fraction of sp³-hybridized carbons (Fsp3) is 0.692. The van der Waals surface area contributed by atoms with Crippen LogP contribution in [0, 0.1) is 6.92 Å². The van der Waals surface area contributed by atoms with Crippen molar-refractivity contribution in [1.82, 2.24) is 9.97 Å². The van der Waals surface area contributed by atoms with Crippen molar-refractivity contribution in [1.29, 1.82) is 0 Å². The van der Waals surface area contributed by atoms with Gasteiger partial charge in [-0.15, -0.1) is 0 Å². The maximum Gasteiger partial charge on any atom is 0.137 e. The van der Waals surface area contributed by atoms with Crippen molar-refractivity contribution in [2.75, 3.05) is 23.7 Å². The van der Waals surface area contributed by atoms with E-state index in [0.717, 1.165) is 43.0 Å². The van der Waals surface area contributed by atoms with Gasteiger partial charge in [0, 0.05) is 25.1 Å². The zero-order valence-corrected chi connectivity index (χ0v) is 11.4. The average Bonchev–Trinajstić information content (AvgIpc) is 2.31. The molecule has 0 saturated carbocycles. The summed E-state index contributed by atoms with van der Waals surface area (Å²) in [4.78, 5) is 10.9. The Morgan fingerprint density at radius 1 is 1.44 bits per heavy atom. The molecule has 0 radical (unpaired) electrons. The maximum absolute atomic E-state index is 10.2. The van der Waals surface area contributed by atoms with Crippen LogP contribution in [-0.2, 0) is 6.42 Å². The highest BCUT2D eigenvalue weighted by Crippen LogP contribution is 2.28. The molecule has 1 aliphatic rings. The normalized spacial score (nSPS) is 24.3. The third kappa shape index (κ3) is 2.56. The van der Waals surface area contributed by atoms with Gasteiger partial charge in [-0.25, -0.2) is 9.97 Å². The van der Waals surface area contributed by atoms with Crippen LogP contribution in [0.15, 0.2) is 0 Å². The lowest BCUT2D eigenvalue weighted by Gasteiger charge is -2.38. The quantitative estimate of drug-likeness (QED) is 0.827. The van der Waals surface area contributed by atoms with Gasteiger partial charge < -0.3 is 15.7 Å². The van der Waals surface area contributed by atoms with E-state index < -0.39 is 5.60 Å². The molecule has 5 nitrogen and oxygen atoms in total. The lowest BCUT2D eigenvalue weighted by atomic mass is 9.95. The van der Waals surface area contributed by atoms with Crippen LogP contribution in [0.3, 0.4) is 0 Å². The summed E-state index contributed by atoms with van der Waals surface area (Å²) in [6.45, 7) is 7.34. The molecule has 100 valence electrons. The Balaban J connectivity index is 2.35. The summed E-state index contributed by atoms with van der Waals surface area (Å²) < 4.78 is 0. The molecule has 1 aromatic heterocycles. The Morgan fingerprint density at radius 2 is 2.17 bits per heavy atom. The highest BCUT2D eigenvalue weighted by atomic mass is 16.3. The van der Waals surface area contributed by atoms with Crippen molar-refractivity contribution >= 4 is 11.6 Å². The van der Waals surface area contributed by atoms with Crippen LogP contribution >= 0.6 is 0 Å². The summed E-state index contributed by atoms with van der Waals surface area (Å²) in [5, 5.41) is 10.2. The van der Waals surface area contributed by atoms with Crippen molar-refractivity contribution in [3.8, 4) is 0 Å². The minimum absolute atomic E-state index is 0.544. The van der Waals surface area contributed by atoms with Gasteiger partial charge in [0.05, 0.1) is 5.60 Å². The Hall–Kier alpha value is -1.36. The second-order valence-corrected chi connectivity index (χ2v) is 5.35. The van der Waals surface area contributed by atoms with Gasteiger partial charge in [0.15, 0.2) is 0 Å². The van der Waals surface area contributed by atoms with E-state index >= 15 is 0 Å². The number of nitrogens with zero attached hydrogens (tertiary/aromatic N) is 3. The molecule has 0 spiro atoms. The van der Waals surface area contributed by atoms with Crippen molar-refractivity contribution < 1.29 is 5.11 Å². The lowest BCUT2D eigenvalue weighted by Crippen LogP contribution is -2.46. The molecule has 2 heterocycles. The first-order valence-electron chi connectivity index (χ1n) is 6.53. The number of anilines is 2. The fourth-order valence-corrected chi connectivity index (χ4v) is 2.44. The van der Waals surface area contributed by atoms with Crippen LogP contribution < -0.4 is 10.6 Å². The van der Waals surface area contributed by atoms with Crippen LogP contribution in [0.1, 0.15) is 38.1 Å². The molecule has 1 fully saturated rings. The fourth-order valence-electron chi connectivity index (χ4n) is 2.44.